The minimum absolute atomic E-state index is 0.0818. The molecular weight excluding hydrogens is 507 g/mol. The van der Waals surface area contributed by atoms with Gasteiger partial charge < -0.3 is 13.7 Å². The van der Waals surface area contributed by atoms with Gasteiger partial charge in [-0.05, 0) is 55.0 Å². The Morgan fingerprint density at radius 3 is 2.57 bits per heavy atom. The number of carbonyl (C=O) groups excluding carboxylic acids is 1. The molecule has 0 aliphatic carbocycles. The van der Waals surface area contributed by atoms with E-state index in [4.69, 9.17) is 20.8 Å². The highest BCUT2D eigenvalue weighted by Crippen LogP contribution is 2.41. The maximum atomic E-state index is 14.6. The van der Waals surface area contributed by atoms with Crippen molar-refractivity contribution in [2.75, 3.05) is 6.61 Å². The monoisotopic (exact) mass is 525 g/mol. The van der Waals surface area contributed by atoms with Crippen LogP contribution in [0.25, 0.3) is 22.2 Å². The number of benzene rings is 2. The van der Waals surface area contributed by atoms with Gasteiger partial charge in [0.1, 0.15) is 11.4 Å². The third-order valence-electron chi connectivity index (χ3n) is 5.74. The topological polar surface area (TPSA) is 70.2 Å². The molecule has 0 bridgehead atoms. The summed E-state index contributed by atoms with van der Waals surface area (Å²) in [7, 11) is 0. The Hall–Kier alpha value is -4.11. The van der Waals surface area contributed by atoms with Crippen LogP contribution in [-0.2, 0) is 12.7 Å². The van der Waals surface area contributed by atoms with Crippen LogP contribution in [0.3, 0.4) is 0 Å². The zero-order chi connectivity index (χ0) is 26.2. The summed E-state index contributed by atoms with van der Waals surface area (Å²) in [6, 6.07) is 14.4. The molecule has 3 aromatic heterocycles. The third kappa shape index (κ3) is 4.82. The predicted octanol–water partition coefficient (Wildman–Crippen LogP) is 7.04. The fraction of sp³-hybridized carbons (Fsp3) is 0.148. The number of fused-ring (bicyclic) bond motifs is 1. The second-order valence-corrected chi connectivity index (χ2v) is 8.58. The van der Waals surface area contributed by atoms with Crippen LogP contribution in [0.4, 0.5) is 13.2 Å². The summed E-state index contributed by atoms with van der Waals surface area (Å²) in [5, 5.41) is 0.543. The lowest BCUT2D eigenvalue weighted by Crippen LogP contribution is -2.18. The number of oxazole rings is 1. The molecule has 3 heterocycles. The number of rotatable bonds is 7. The van der Waals surface area contributed by atoms with Crippen LogP contribution in [-0.4, -0.2) is 26.9 Å². The largest absolute Gasteiger partial charge is 0.494 e. The van der Waals surface area contributed by atoms with Crippen molar-refractivity contribution >= 4 is 28.3 Å². The Balaban J connectivity index is 1.71. The van der Waals surface area contributed by atoms with E-state index in [0.717, 1.165) is 4.57 Å². The molecule has 2 aromatic carbocycles. The van der Waals surface area contributed by atoms with Crippen molar-refractivity contribution < 1.29 is 27.1 Å². The summed E-state index contributed by atoms with van der Waals surface area (Å²) in [4.78, 5) is 21.6. The van der Waals surface area contributed by atoms with E-state index in [-0.39, 0.29) is 23.2 Å². The van der Waals surface area contributed by atoms with Crippen LogP contribution in [0.2, 0.25) is 5.02 Å². The highest BCUT2D eigenvalue weighted by atomic mass is 35.5. The van der Waals surface area contributed by atoms with Crippen molar-refractivity contribution in [3.8, 4) is 17.1 Å². The van der Waals surface area contributed by atoms with E-state index in [1.54, 1.807) is 55.6 Å². The molecule has 0 aliphatic rings. The second-order valence-electron chi connectivity index (χ2n) is 8.15. The molecule has 0 saturated carbocycles. The van der Waals surface area contributed by atoms with Gasteiger partial charge in [-0.2, -0.15) is 13.2 Å². The number of pyridine rings is 1. The summed E-state index contributed by atoms with van der Waals surface area (Å²) in [5.41, 5.74) is -0.327. The van der Waals surface area contributed by atoms with Crippen LogP contribution >= 0.6 is 11.6 Å². The van der Waals surface area contributed by atoms with E-state index in [9.17, 15) is 18.0 Å². The third-order valence-corrected chi connectivity index (χ3v) is 5.99. The van der Waals surface area contributed by atoms with Crippen LogP contribution in [0, 0.1) is 0 Å². The molecule has 188 valence electrons. The van der Waals surface area contributed by atoms with E-state index in [1.807, 2.05) is 0 Å². The lowest BCUT2D eigenvalue weighted by molar-refractivity contribution is -0.143. The molecule has 37 heavy (non-hydrogen) atoms. The Kier molecular flexibility index (Phi) is 6.47. The summed E-state index contributed by atoms with van der Waals surface area (Å²) in [5.74, 6) is -0.900. The number of ether oxygens (including phenoxy) is 1. The van der Waals surface area contributed by atoms with Gasteiger partial charge in [0.2, 0.25) is 0 Å². The smallest absolute Gasteiger partial charge is 0.432 e. The molecule has 0 amide bonds. The first-order valence-corrected chi connectivity index (χ1v) is 11.7. The molecule has 0 radical (unpaired) electrons. The summed E-state index contributed by atoms with van der Waals surface area (Å²) >= 11 is 5.95. The first kappa shape index (κ1) is 24.6. The number of hydrogen-bond acceptors (Lipinski definition) is 5. The SMILES string of the molecule is CCOc1ccc2c(c1)c(C(=O)c1ncc(-c3cccnc3)o1)c(C(F)(F)F)n2Cc1ccc(Cl)cc1. The van der Waals surface area contributed by atoms with Gasteiger partial charge in [0.25, 0.3) is 11.7 Å². The zero-order valence-electron chi connectivity index (χ0n) is 19.4. The van der Waals surface area contributed by atoms with Gasteiger partial charge in [-0.1, -0.05) is 23.7 Å². The highest BCUT2D eigenvalue weighted by molar-refractivity contribution is 6.30. The molecule has 5 rings (SSSR count). The van der Waals surface area contributed by atoms with E-state index >= 15 is 0 Å². The number of nitrogens with zero attached hydrogens (tertiary/aromatic N) is 3. The molecule has 0 fully saturated rings. The average molecular weight is 526 g/mol. The number of alkyl halides is 3. The summed E-state index contributed by atoms with van der Waals surface area (Å²) in [6.45, 7) is 1.92. The number of ketones is 1. The van der Waals surface area contributed by atoms with E-state index < -0.39 is 29.1 Å². The Labute approximate surface area is 214 Å². The maximum Gasteiger partial charge on any atom is 0.432 e. The quantitative estimate of drug-likeness (QED) is 0.213. The summed E-state index contributed by atoms with van der Waals surface area (Å²) < 4.78 is 56.1. The fourth-order valence-electron chi connectivity index (χ4n) is 4.18. The van der Waals surface area contributed by atoms with Gasteiger partial charge in [-0.3, -0.25) is 9.78 Å². The minimum Gasteiger partial charge on any atom is -0.494 e. The normalized spacial score (nSPS) is 11.7. The Morgan fingerprint density at radius 1 is 1.11 bits per heavy atom. The molecule has 0 saturated heterocycles. The lowest BCUT2D eigenvalue weighted by Gasteiger charge is -2.14. The van der Waals surface area contributed by atoms with Crippen molar-refractivity contribution in [2.24, 2.45) is 0 Å². The second kappa shape index (κ2) is 9.74. The van der Waals surface area contributed by atoms with E-state index in [1.165, 1.54) is 24.5 Å². The summed E-state index contributed by atoms with van der Waals surface area (Å²) in [6.07, 6.45) is -0.508. The van der Waals surface area contributed by atoms with Gasteiger partial charge >= 0.3 is 6.18 Å². The molecule has 6 nitrogen and oxygen atoms in total. The number of hydrogen-bond donors (Lipinski definition) is 0. The van der Waals surface area contributed by atoms with Crippen molar-refractivity contribution in [3.05, 3.63) is 101 Å². The number of carbonyl (C=O) groups is 1. The van der Waals surface area contributed by atoms with Crippen LogP contribution in [0.15, 0.2) is 77.6 Å². The molecule has 0 N–H and O–H groups in total. The van der Waals surface area contributed by atoms with Gasteiger partial charge in [-0.15, -0.1) is 0 Å². The number of halogens is 4. The maximum absolute atomic E-state index is 14.6. The van der Waals surface area contributed by atoms with Gasteiger partial charge in [0.15, 0.2) is 5.76 Å². The predicted molar refractivity (Wildman–Crippen MR) is 132 cm³/mol. The van der Waals surface area contributed by atoms with Crippen molar-refractivity contribution in [3.63, 3.8) is 0 Å². The molecule has 5 aromatic rings. The van der Waals surface area contributed by atoms with Crippen molar-refractivity contribution in [2.45, 2.75) is 19.6 Å². The average Bonchev–Trinajstić information content (AvgIpc) is 3.49. The lowest BCUT2D eigenvalue weighted by atomic mass is 10.1. The fourth-order valence-corrected chi connectivity index (χ4v) is 4.31. The number of aromatic nitrogens is 3. The molecule has 0 unspecified atom stereocenters. The zero-order valence-corrected chi connectivity index (χ0v) is 20.2. The Bertz CT molecular complexity index is 1580. The molecule has 0 atom stereocenters. The Morgan fingerprint density at radius 2 is 1.89 bits per heavy atom. The van der Waals surface area contributed by atoms with Gasteiger partial charge in [0, 0.05) is 40.4 Å². The first-order chi connectivity index (χ1) is 17.8. The van der Waals surface area contributed by atoms with Crippen molar-refractivity contribution in [1.29, 1.82) is 0 Å². The van der Waals surface area contributed by atoms with Crippen LogP contribution in [0.5, 0.6) is 5.75 Å². The van der Waals surface area contributed by atoms with Gasteiger partial charge in [-0.25, -0.2) is 4.98 Å². The standard InChI is InChI=1S/C27H19ClF3N3O3/c1-2-36-19-9-10-21-20(12-19)23(24(35)26-33-14-22(37-26)17-4-3-11-32-13-17)25(27(29,30)31)34(21)15-16-5-7-18(28)8-6-16/h3-14H,2,15H2,1H3. The minimum atomic E-state index is -4.86. The molecule has 0 spiro atoms. The van der Waals surface area contributed by atoms with Crippen molar-refractivity contribution in [1.82, 2.24) is 14.5 Å². The van der Waals surface area contributed by atoms with Gasteiger partial charge in [0.05, 0.1) is 18.4 Å². The van der Waals surface area contributed by atoms with Crippen LogP contribution < -0.4 is 4.74 Å². The van der Waals surface area contributed by atoms with Crippen LogP contribution in [0.1, 0.15) is 34.4 Å². The van der Waals surface area contributed by atoms with E-state index in [0.29, 0.717) is 28.5 Å². The highest BCUT2D eigenvalue weighted by Gasteiger charge is 2.42. The molecule has 0 aliphatic heterocycles. The molecule has 10 heteroatoms. The first-order valence-electron chi connectivity index (χ1n) is 11.3. The molecular formula is C27H19ClF3N3O3. The van der Waals surface area contributed by atoms with E-state index in [2.05, 4.69) is 9.97 Å².